The Morgan fingerprint density at radius 2 is 1.69 bits per heavy atom. The third-order valence-electron chi connectivity index (χ3n) is 6.17. The maximum atomic E-state index is 11.4. The number of aromatic carboxylic acids is 1. The van der Waals surface area contributed by atoms with Gasteiger partial charge < -0.3 is 25.4 Å². The van der Waals surface area contributed by atoms with Crippen LogP contribution in [-0.2, 0) is 6.42 Å². The summed E-state index contributed by atoms with van der Waals surface area (Å²) in [6.45, 7) is 9.04. The van der Waals surface area contributed by atoms with Gasteiger partial charge in [-0.15, -0.1) is 0 Å². The number of benzene rings is 3. The number of carbonyl (C=O) groups is 1. The molecule has 4 N–H and O–H groups in total. The molecule has 0 aromatic heterocycles. The molecule has 6 nitrogen and oxygen atoms in total. The van der Waals surface area contributed by atoms with Crippen molar-refractivity contribution in [3.05, 3.63) is 82.4 Å². The number of aryl methyl sites for hydroxylation is 3. The quantitative estimate of drug-likeness (QED) is 0.275. The van der Waals surface area contributed by atoms with Crippen LogP contribution in [0, 0.1) is 13.8 Å². The SMILES string of the molecule is CCCc1cc(C(=O)O)ccc1-c1cc(C)c(OCCN[C@H](C)[C@@H](O)c2ccc(O)cc2)c(C)c1. The third kappa shape index (κ3) is 6.62. The summed E-state index contributed by atoms with van der Waals surface area (Å²) in [6, 6.07) is 15.9. The first kappa shape index (κ1) is 26.3. The van der Waals surface area contributed by atoms with Crippen LogP contribution in [-0.4, -0.2) is 40.5 Å². The van der Waals surface area contributed by atoms with Crippen LogP contribution >= 0.6 is 0 Å². The molecule has 3 aromatic carbocycles. The monoisotopic (exact) mass is 477 g/mol. The number of carboxylic acid groups (broad SMARTS) is 1. The first-order valence-electron chi connectivity index (χ1n) is 12.0. The predicted octanol–water partition coefficient (Wildman–Crippen LogP) is 5.42. The van der Waals surface area contributed by atoms with E-state index >= 15 is 0 Å². The summed E-state index contributed by atoms with van der Waals surface area (Å²) < 4.78 is 6.08. The number of nitrogens with one attached hydrogen (secondary N) is 1. The van der Waals surface area contributed by atoms with Crippen molar-refractivity contribution < 1.29 is 24.9 Å². The number of ether oxygens (including phenoxy) is 1. The molecule has 3 rings (SSSR count). The third-order valence-corrected chi connectivity index (χ3v) is 6.17. The van der Waals surface area contributed by atoms with E-state index in [4.69, 9.17) is 4.74 Å². The molecule has 0 unspecified atom stereocenters. The van der Waals surface area contributed by atoms with Gasteiger partial charge >= 0.3 is 5.97 Å². The Bertz CT molecular complexity index is 1130. The minimum Gasteiger partial charge on any atom is -0.508 e. The average Bonchev–Trinajstić information content (AvgIpc) is 2.83. The summed E-state index contributed by atoms with van der Waals surface area (Å²) >= 11 is 0. The number of hydrogen-bond donors (Lipinski definition) is 4. The van der Waals surface area contributed by atoms with Crippen molar-refractivity contribution >= 4 is 5.97 Å². The van der Waals surface area contributed by atoms with E-state index in [-0.39, 0.29) is 11.8 Å². The first-order valence-corrected chi connectivity index (χ1v) is 12.0. The molecular formula is C29H35NO5. The standard InChI is InChI=1S/C29H35NO5/c1-5-6-22-17-23(29(33)34)9-12-26(22)24-15-18(2)28(19(3)16-24)35-14-13-30-20(4)27(32)21-7-10-25(31)11-8-21/h7-12,15-17,20,27,30-32H,5-6,13-14H2,1-4H3,(H,33,34)/t20-,27-/m1/s1. The fraction of sp³-hybridized carbons (Fsp3) is 0.345. The van der Waals surface area contributed by atoms with Crippen molar-refractivity contribution in [3.8, 4) is 22.6 Å². The zero-order valence-electron chi connectivity index (χ0n) is 20.8. The molecule has 0 aliphatic rings. The first-order chi connectivity index (χ1) is 16.7. The van der Waals surface area contributed by atoms with Crippen molar-refractivity contribution in [2.45, 2.75) is 52.7 Å². The number of hydrogen-bond acceptors (Lipinski definition) is 5. The van der Waals surface area contributed by atoms with Crippen LogP contribution in [0.3, 0.4) is 0 Å². The van der Waals surface area contributed by atoms with Gasteiger partial charge in [0.25, 0.3) is 0 Å². The maximum absolute atomic E-state index is 11.4. The molecular weight excluding hydrogens is 442 g/mol. The van der Waals surface area contributed by atoms with E-state index in [1.165, 1.54) is 0 Å². The lowest BCUT2D eigenvalue weighted by molar-refractivity contribution is 0.0696. The van der Waals surface area contributed by atoms with E-state index in [0.717, 1.165) is 52.0 Å². The van der Waals surface area contributed by atoms with Gasteiger partial charge in [0.15, 0.2) is 0 Å². The Balaban J connectivity index is 1.65. The van der Waals surface area contributed by atoms with E-state index < -0.39 is 12.1 Å². The second-order valence-corrected chi connectivity index (χ2v) is 8.99. The highest BCUT2D eigenvalue weighted by molar-refractivity contribution is 5.89. The van der Waals surface area contributed by atoms with Crippen LogP contribution in [0.4, 0.5) is 0 Å². The Morgan fingerprint density at radius 1 is 1.03 bits per heavy atom. The second-order valence-electron chi connectivity index (χ2n) is 8.99. The molecule has 0 fully saturated rings. The van der Waals surface area contributed by atoms with Crippen LogP contribution in [0.25, 0.3) is 11.1 Å². The van der Waals surface area contributed by atoms with E-state index in [9.17, 15) is 20.1 Å². The molecule has 0 aliphatic carbocycles. The zero-order valence-corrected chi connectivity index (χ0v) is 20.8. The molecule has 186 valence electrons. The van der Waals surface area contributed by atoms with Crippen molar-refractivity contribution in [1.82, 2.24) is 5.32 Å². The van der Waals surface area contributed by atoms with Gasteiger partial charge in [0.05, 0.1) is 11.7 Å². The zero-order chi connectivity index (χ0) is 25.5. The highest BCUT2D eigenvalue weighted by Gasteiger charge is 2.16. The Morgan fingerprint density at radius 3 is 2.29 bits per heavy atom. The highest BCUT2D eigenvalue weighted by atomic mass is 16.5. The van der Waals surface area contributed by atoms with Crippen molar-refractivity contribution in [1.29, 1.82) is 0 Å². The van der Waals surface area contributed by atoms with Gasteiger partial charge in [-0.1, -0.05) is 31.5 Å². The topological polar surface area (TPSA) is 99.0 Å². The molecule has 2 atom stereocenters. The normalized spacial score (nSPS) is 12.8. The number of aliphatic hydroxyl groups is 1. The van der Waals surface area contributed by atoms with Gasteiger partial charge in [0.2, 0.25) is 0 Å². The fourth-order valence-electron chi connectivity index (χ4n) is 4.33. The molecule has 3 aromatic rings. The summed E-state index contributed by atoms with van der Waals surface area (Å²) in [7, 11) is 0. The van der Waals surface area contributed by atoms with Gasteiger partial charge in [-0.05, 0) is 97.0 Å². The summed E-state index contributed by atoms with van der Waals surface area (Å²) in [6.07, 6.45) is 1.05. The number of phenolic OH excluding ortho intramolecular Hbond substituents is 1. The van der Waals surface area contributed by atoms with E-state index in [1.807, 2.05) is 26.8 Å². The molecule has 35 heavy (non-hydrogen) atoms. The van der Waals surface area contributed by atoms with Gasteiger partial charge in [0, 0.05) is 12.6 Å². The van der Waals surface area contributed by atoms with Crippen molar-refractivity contribution in [2.24, 2.45) is 0 Å². The molecule has 0 saturated heterocycles. The van der Waals surface area contributed by atoms with Gasteiger partial charge in [-0.25, -0.2) is 4.79 Å². The predicted molar refractivity (Wildman–Crippen MR) is 138 cm³/mol. The van der Waals surface area contributed by atoms with Crippen LogP contribution in [0.15, 0.2) is 54.6 Å². The molecule has 0 bridgehead atoms. The minimum absolute atomic E-state index is 0.172. The Labute approximate surface area is 207 Å². The number of rotatable bonds is 11. The molecule has 0 spiro atoms. The fourth-order valence-corrected chi connectivity index (χ4v) is 4.33. The second kappa shape index (κ2) is 11.9. The molecule has 0 heterocycles. The molecule has 0 aliphatic heterocycles. The largest absolute Gasteiger partial charge is 0.508 e. The Kier molecular flexibility index (Phi) is 8.90. The van der Waals surface area contributed by atoms with Crippen LogP contribution in [0.2, 0.25) is 0 Å². The lowest BCUT2D eigenvalue weighted by atomic mass is 9.92. The maximum Gasteiger partial charge on any atom is 0.335 e. The molecule has 0 amide bonds. The minimum atomic E-state index is -0.913. The summed E-state index contributed by atoms with van der Waals surface area (Å²) in [4.78, 5) is 11.4. The molecule has 0 radical (unpaired) electrons. The number of phenols is 1. The van der Waals surface area contributed by atoms with Gasteiger partial charge in [-0.3, -0.25) is 0 Å². The number of aromatic hydroxyl groups is 1. The summed E-state index contributed by atoms with van der Waals surface area (Å²) in [5.74, 6) is 0.0931. The average molecular weight is 478 g/mol. The van der Waals surface area contributed by atoms with Crippen molar-refractivity contribution in [2.75, 3.05) is 13.2 Å². The smallest absolute Gasteiger partial charge is 0.335 e. The molecule has 6 heteroatoms. The number of aliphatic hydroxyl groups excluding tert-OH is 1. The van der Waals surface area contributed by atoms with E-state index in [1.54, 1.807) is 36.4 Å². The lowest BCUT2D eigenvalue weighted by Gasteiger charge is -2.21. The highest BCUT2D eigenvalue weighted by Crippen LogP contribution is 2.33. The van der Waals surface area contributed by atoms with E-state index in [2.05, 4.69) is 24.4 Å². The van der Waals surface area contributed by atoms with Gasteiger partial charge in [-0.2, -0.15) is 0 Å². The van der Waals surface area contributed by atoms with Gasteiger partial charge in [0.1, 0.15) is 18.1 Å². The van der Waals surface area contributed by atoms with Crippen molar-refractivity contribution in [3.63, 3.8) is 0 Å². The summed E-state index contributed by atoms with van der Waals surface area (Å²) in [5, 5.41) is 32.6. The summed E-state index contributed by atoms with van der Waals surface area (Å²) in [5.41, 5.74) is 6.21. The lowest BCUT2D eigenvalue weighted by Crippen LogP contribution is -2.35. The Hall–Kier alpha value is -3.35. The van der Waals surface area contributed by atoms with Crippen LogP contribution < -0.4 is 10.1 Å². The van der Waals surface area contributed by atoms with E-state index in [0.29, 0.717) is 18.7 Å². The number of carboxylic acids is 1. The van der Waals surface area contributed by atoms with Crippen LogP contribution in [0.1, 0.15) is 59.0 Å². The van der Waals surface area contributed by atoms with Crippen LogP contribution in [0.5, 0.6) is 11.5 Å². The molecule has 0 saturated carbocycles.